The lowest BCUT2D eigenvalue weighted by atomic mass is 10.4. The highest BCUT2D eigenvalue weighted by molar-refractivity contribution is 6.18. The fourth-order valence-electron chi connectivity index (χ4n) is 0.156. The van der Waals surface area contributed by atoms with E-state index in [9.17, 15) is 0 Å². The van der Waals surface area contributed by atoms with Crippen LogP contribution in [-0.4, -0.2) is 23.7 Å². The second kappa shape index (κ2) is 4.33. The molecule has 3 nitrogen and oxygen atoms in total. The zero-order valence-electron chi connectivity index (χ0n) is 3.80. The third-order valence-corrected chi connectivity index (χ3v) is 0.823. The molecule has 0 heterocycles. The van der Waals surface area contributed by atoms with Gasteiger partial charge in [-0.3, -0.25) is 0 Å². The number of aliphatic hydroxyl groups excluding tert-OH is 1. The van der Waals surface area contributed by atoms with Crippen LogP contribution in [0.15, 0.2) is 0 Å². The van der Waals surface area contributed by atoms with Crippen molar-refractivity contribution in [2.75, 3.05) is 12.5 Å². The van der Waals surface area contributed by atoms with Gasteiger partial charge in [-0.2, -0.15) is 0 Å². The van der Waals surface area contributed by atoms with Gasteiger partial charge in [0.1, 0.15) is 0 Å². The van der Waals surface area contributed by atoms with Crippen LogP contribution in [0.3, 0.4) is 0 Å². The smallest absolute Gasteiger partial charge is 0.0950 e. The van der Waals surface area contributed by atoms with Gasteiger partial charge in [0.15, 0.2) is 0 Å². The van der Waals surface area contributed by atoms with Gasteiger partial charge in [-0.1, -0.05) is 0 Å². The molecule has 0 amide bonds. The van der Waals surface area contributed by atoms with Crippen molar-refractivity contribution in [2.24, 2.45) is 5.90 Å². The highest BCUT2D eigenvalue weighted by Gasteiger charge is 1.97. The van der Waals surface area contributed by atoms with Crippen molar-refractivity contribution in [3.8, 4) is 0 Å². The number of aliphatic hydroxyl groups is 1. The Hall–Kier alpha value is 0.170. The minimum absolute atomic E-state index is 0.101. The van der Waals surface area contributed by atoms with Gasteiger partial charge in [-0.15, -0.1) is 11.6 Å². The molecule has 4 heteroatoms. The Bertz CT molecular complexity index is 43.9. The van der Waals surface area contributed by atoms with Gasteiger partial charge in [0.05, 0.1) is 18.6 Å². The Labute approximate surface area is 47.0 Å². The molecule has 0 unspecified atom stereocenters. The van der Waals surface area contributed by atoms with Gasteiger partial charge in [0.25, 0.3) is 0 Å². The molecule has 7 heavy (non-hydrogen) atoms. The number of nitrogens with two attached hydrogens (primary N) is 1. The van der Waals surface area contributed by atoms with Crippen LogP contribution >= 0.6 is 11.6 Å². The van der Waals surface area contributed by atoms with E-state index in [0.29, 0.717) is 0 Å². The van der Waals surface area contributed by atoms with Gasteiger partial charge >= 0.3 is 0 Å². The highest BCUT2D eigenvalue weighted by atomic mass is 35.5. The maximum Gasteiger partial charge on any atom is 0.0950 e. The molecule has 0 saturated carbocycles. The first kappa shape index (κ1) is 7.17. The van der Waals surface area contributed by atoms with E-state index in [0.717, 1.165) is 0 Å². The highest BCUT2D eigenvalue weighted by Crippen LogP contribution is 1.84. The van der Waals surface area contributed by atoms with Crippen molar-refractivity contribution in [1.82, 2.24) is 0 Å². The Morgan fingerprint density at radius 3 is 2.57 bits per heavy atom. The predicted molar refractivity (Wildman–Crippen MR) is 26.9 cm³/mol. The molecule has 0 spiro atoms. The summed E-state index contributed by atoms with van der Waals surface area (Å²) in [6.45, 7) is 0.101. The molecular formula is C3H8ClNO2. The molecule has 0 aromatic carbocycles. The van der Waals surface area contributed by atoms with Crippen molar-refractivity contribution in [1.29, 1.82) is 0 Å². The summed E-state index contributed by atoms with van der Waals surface area (Å²) in [4.78, 5) is 4.06. The van der Waals surface area contributed by atoms with E-state index in [-0.39, 0.29) is 12.5 Å². The van der Waals surface area contributed by atoms with Crippen LogP contribution in [0.2, 0.25) is 0 Å². The average Bonchev–Trinajstić information content (AvgIpc) is 1.68. The monoisotopic (exact) mass is 125 g/mol. The maximum absolute atomic E-state index is 8.52. The quantitative estimate of drug-likeness (QED) is 0.394. The van der Waals surface area contributed by atoms with Crippen LogP contribution < -0.4 is 5.90 Å². The van der Waals surface area contributed by atoms with Gasteiger partial charge in [0, 0.05) is 0 Å². The van der Waals surface area contributed by atoms with E-state index >= 15 is 0 Å². The Balaban J connectivity index is 2.83. The second-order valence-corrected chi connectivity index (χ2v) is 1.45. The summed E-state index contributed by atoms with van der Waals surface area (Å²) >= 11 is 5.15. The average molecular weight is 126 g/mol. The molecule has 0 aliphatic heterocycles. The molecule has 0 aliphatic carbocycles. The maximum atomic E-state index is 8.52. The van der Waals surface area contributed by atoms with Crippen molar-refractivity contribution in [3.63, 3.8) is 0 Å². The molecule has 0 aromatic heterocycles. The summed E-state index contributed by atoms with van der Waals surface area (Å²) in [5, 5.41) is 8.52. The first-order valence-corrected chi connectivity index (χ1v) is 2.40. The fraction of sp³-hybridized carbons (Fsp3) is 1.00. The normalized spacial score (nSPS) is 14.1. The summed E-state index contributed by atoms with van der Waals surface area (Å²) in [5.74, 6) is 4.75. The predicted octanol–water partition coefficient (Wildman–Crippen LogP) is -0.524. The van der Waals surface area contributed by atoms with E-state index in [2.05, 4.69) is 10.7 Å². The van der Waals surface area contributed by atoms with E-state index in [1.165, 1.54) is 0 Å². The van der Waals surface area contributed by atoms with Crippen molar-refractivity contribution >= 4 is 11.6 Å². The minimum atomic E-state index is -0.633. The molecule has 0 rings (SSSR count). The van der Waals surface area contributed by atoms with Gasteiger partial charge in [0.2, 0.25) is 0 Å². The third kappa shape index (κ3) is 4.01. The van der Waals surface area contributed by atoms with Crippen molar-refractivity contribution < 1.29 is 9.94 Å². The largest absolute Gasteiger partial charge is 0.389 e. The molecule has 0 radical (unpaired) electrons. The molecule has 0 aliphatic rings. The summed E-state index contributed by atoms with van der Waals surface area (Å²) in [5.41, 5.74) is 0. The van der Waals surface area contributed by atoms with Crippen LogP contribution in [0.1, 0.15) is 0 Å². The standard InChI is InChI=1S/C3H8ClNO2/c4-1-3(6)2-7-5/h3,6H,1-2,5H2/t3-/m1/s1. The zero-order chi connectivity index (χ0) is 5.70. The molecule has 0 saturated heterocycles. The first-order valence-electron chi connectivity index (χ1n) is 1.87. The zero-order valence-corrected chi connectivity index (χ0v) is 4.56. The number of alkyl halides is 1. The minimum Gasteiger partial charge on any atom is -0.389 e. The molecule has 3 N–H and O–H groups in total. The van der Waals surface area contributed by atoms with Crippen LogP contribution in [-0.2, 0) is 4.84 Å². The van der Waals surface area contributed by atoms with Crippen molar-refractivity contribution in [2.45, 2.75) is 6.10 Å². The van der Waals surface area contributed by atoms with Crippen molar-refractivity contribution in [3.05, 3.63) is 0 Å². The SMILES string of the molecule is NOC[C@H](O)CCl. The molecule has 0 aromatic rings. The van der Waals surface area contributed by atoms with Gasteiger partial charge in [-0.05, 0) is 0 Å². The lowest BCUT2D eigenvalue weighted by Crippen LogP contribution is -2.18. The summed E-state index contributed by atoms with van der Waals surface area (Å²) < 4.78 is 0. The number of hydrogen-bond donors (Lipinski definition) is 2. The first-order chi connectivity index (χ1) is 3.31. The molecular weight excluding hydrogens is 117 g/mol. The van der Waals surface area contributed by atoms with E-state index in [1.807, 2.05) is 0 Å². The molecule has 44 valence electrons. The summed E-state index contributed by atoms with van der Waals surface area (Å²) in [7, 11) is 0. The van der Waals surface area contributed by atoms with E-state index in [4.69, 9.17) is 16.7 Å². The van der Waals surface area contributed by atoms with Crippen LogP contribution in [0.25, 0.3) is 0 Å². The summed E-state index contributed by atoms with van der Waals surface area (Å²) in [6.07, 6.45) is -0.633. The Kier molecular flexibility index (Phi) is 4.44. The molecule has 1 atom stereocenters. The van der Waals surface area contributed by atoms with Crippen LogP contribution in [0.5, 0.6) is 0 Å². The lowest BCUT2D eigenvalue weighted by molar-refractivity contribution is 0.0480. The molecule has 0 fully saturated rings. The number of rotatable bonds is 3. The Morgan fingerprint density at radius 2 is 2.43 bits per heavy atom. The third-order valence-electron chi connectivity index (χ3n) is 0.467. The topological polar surface area (TPSA) is 55.5 Å². The van der Waals surface area contributed by atoms with Crippen LogP contribution in [0.4, 0.5) is 0 Å². The number of halogens is 1. The van der Waals surface area contributed by atoms with Gasteiger partial charge in [-0.25, -0.2) is 5.90 Å². The summed E-state index contributed by atoms with van der Waals surface area (Å²) in [6, 6.07) is 0. The second-order valence-electron chi connectivity index (χ2n) is 1.14. The van der Waals surface area contributed by atoms with Crippen LogP contribution in [0, 0.1) is 0 Å². The lowest BCUT2D eigenvalue weighted by Gasteiger charge is -2.00. The van der Waals surface area contributed by atoms with E-state index in [1.54, 1.807) is 0 Å². The Morgan fingerprint density at radius 1 is 1.86 bits per heavy atom. The van der Waals surface area contributed by atoms with E-state index < -0.39 is 6.10 Å². The fourth-order valence-corrected chi connectivity index (χ4v) is 0.245. The number of hydrogen-bond acceptors (Lipinski definition) is 3. The van der Waals surface area contributed by atoms with Gasteiger partial charge < -0.3 is 9.94 Å². The molecule has 0 bridgehead atoms.